The van der Waals surface area contributed by atoms with Crippen LogP contribution in [0.4, 0.5) is 11.4 Å². The first-order valence-corrected chi connectivity index (χ1v) is 9.90. The van der Waals surface area contributed by atoms with E-state index in [0.29, 0.717) is 5.75 Å². The van der Waals surface area contributed by atoms with Gasteiger partial charge in [-0.3, -0.25) is 4.79 Å². The average Bonchev–Trinajstić information content (AvgIpc) is 3.15. The highest BCUT2D eigenvalue weighted by molar-refractivity contribution is 8.14. The zero-order chi connectivity index (χ0) is 17.2. The molecule has 4 rings (SSSR count). The van der Waals surface area contributed by atoms with E-state index in [4.69, 9.17) is 0 Å². The molecule has 1 aliphatic heterocycles. The van der Waals surface area contributed by atoms with Gasteiger partial charge in [-0.25, -0.2) is 4.99 Å². The topological polar surface area (TPSA) is 53.5 Å². The second-order valence-electron chi connectivity index (χ2n) is 5.82. The van der Waals surface area contributed by atoms with Gasteiger partial charge in [0.25, 0.3) is 0 Å². The van der Waals surface area contributed by atoms with E-state index in [0.717, 1.165) is 32.2 Å². The first kappa shape index (κ1) is 16.2. The number of hydrogen-bond acceptors (Lipinski definition) is 5. The van der Waals surface area contributed by atoms with Crippen molar-refractivity contribution >= 4 is 56.3 Å². The molecule has 1 aliphatic rings. The maximum absolute atomic E-state index is 12.2. The summed E-state index contributed by atoms with van der Waals surface area (Å²) in [6.07, 6.45) is 0. The maximum Gasteiger partial charge on any atom is 0.230 e. The first-order valence-electron chi connectivity index (χ1n) is 8.04. The minimum Gasteiger partial charge on any atom is -0.348 e. The summed E-state index contributed by atoms with van der Waals surface area (Å²) in [5, 5.41) is 11.4. The number of aliphatic imine (C=N–C) groups is 1. The lowest BCUT2D eigenvalue weighted by Crippen LogP contribution is -2.28. The lowest BCUT2D eigenvalue weighted by Gasteiger charge is -2.18. The van der Waals surface area contributed by atoms with Crippen LogP contribution in [-0.2, 0) is 4.79 Å². The molecule has 1 aromatic heterocycles. The van der Waals surface area contributed by atoms with Crippen molar-refractivity contribution in [2.45, 2.75) is 13.0 Å². The Kier molecular flexibility index (Phi) is 4.46. The van der Waals surface area contributed by atoms with E-state index in [1.807, 2.05) is 48.7 Å². The predicted molar refractivity (Wildman–Crippen MR) is 108 cm³/mol. The van der Waals surface area contributed by atoms with Crippen LogP contribution in [0.3, 0.4) is 0 Å². The van der Waals surface area contributed by atoms with Gasteiger partial charge in [-0.1, -0.05) is 42.1 Å². The van der Waals surface area contributed by atoms with Gasteiger partial charge in [-0.05, 0) is 35.9 Å². The number of nitrogens with zero attached hydrogens (tertiary/aromatic N) is 1. The number of thiophene rings is 1. The SMILES string of the molecule is C[C@H](NC(=O)CSC1=Nc2cccc3cccc(c23)N1)c1cccs1. The van der Waals surface area contributed by atoms with Crippen LogP contribution in [-0.4, -0.2) is 16.8 Å². The van der Waals surface area contributed by atoms with Crippen LogP contribution < -0.4 is 10.6 Å². The molecule has 3 aromatic rings. The highest BCUT2D eigenvalue weighted by Crippen LogP contribution is 2.36. The third-order valence-corrected chi connectivity index (χ3v) is 5.96. The molecule has 0 fully saturated rings. The van der Waals surface area contributed by atoms with Crippen molar-refractivity contribution in [2.24, 2.45) is 4.99 Å². The number of carbonyl (C=O) groups is 1. The van der Waals surface area contributed by atoms with Crippen LogP contribution in [0.5, 0.6) is 0 Å². The molecular weight excluding hydrogens is 350 g/mol. The standard InChI is InChI=1S/C19H17N3OS2/c1-12(16-9-4-10-24-16)20-17(23)11-25-19-21-14-7-2-5-13-6-3-8-15(22-19)18(13)14/h2-10,12H,11H2,1H3,(H,20,23)(H,21,22)/t12-/m0/s1. The fraction of sp³-hybridized carbons (Fsp3) is 0.158. The molecule has 0 bridgehead atoms. The Bertz CT molecular complexity index is 945. The summed E-state index contributed by atoms with van der Waals surface area (Å²) in [6, 6.07) is 16.3. The molecule has 4 nitrogen and oxygen atoms in total. The van der Waals surface area contributed by atoms with E-state index in [1.54, 1.807) is 11.3 Å². The lowest BCUT2D eigenvalue weighted by atomic mass is 10.1. The molecule has 0 aliphatic carbocycles. The van der Waals surface area contributed by atoms with Crippen LogP contribution in [0, 0.1) is 0 Å². The molecular formula is C19H17N3OS2. The van der Waals surface area contributed by atoms with E-state index in [9.17, 15) is 4.79 Å². The second kappa shape index (κ2) is 6.90. The molecule has 1 atom stereocenters. The van der Waals surface area contributed by atoms with Gasteiger partial charge < -0.3 is 10.6 Å². The Morgan fingerprint density at radius 2 is 2.08 bits per heavy atom. The third kappa shape index (κ3) is 3.41. The fourth-order valence-electron chi connectivity index (χ4n) is 2.87. The zero-order valence-electron chi connectivity index (χ0n) is 13.7. The van der Waals surface area contributed by atoms with E-state index in [1.165, 1.54) is 11.8 Å². The van der Waals surface area contributed by atoms with Crippen molar-refractivity contribution in [1.82, 2.24) is 5.32 Å². The number of benzene rings is 2. The van der Waals surface area contributed by atoms with Crippen molar-refractivity contribution in [3.63, 3.8) is 0 Å². The van der Waals surface area contributed by atoms with Gasteiger partial charge >= 0.3 is 0 Å². The Labute approximate surface area is 154 Å². The lowest BCUT2D eigenvalue weighted by molar-refractivity contribution is -0.119. The fourth-order valence-corrected chi connectivity index (χ4v) is 4.30. The molecule has 0 spiro atoms. The predicted octanol–water partition coefficient (Wildman–Crippen LogP) is 4.92. The summed E-state index contributed by atoms with van der Waals surface area (Å²) in [7, 11) is 0. The summed E-state index contributed by atoms with van der Waals surface area (Å²) in [5.74, 6) is 0.340. The largest absolute Gasteiger partial charge is 0.348 e. The smallest absolute Gasteiger partial charge is 0.230 e. The summed E-state index contributed by atoms with van der Waals surface area (Å²) in [4.78, 5) is 18.0. The van der Waals surface area contributed by atoms with Gasteiger partial charge in [0.1, 0.15) is 0 Å². The third-order valence-electron chi connectivity index (χ3n) is 4.03. The quantitative estimate of drug-likeness (QED) is 0.688. The number of anilines is 1. The molecule has 2 aromatic carbocycles. The molecule has 2 heterocycles. The minimum atomic E-state index is 0.00691. The average molecular weight is 367 g/mol. The Balaban J connectivity index is 1.43. The number of carbonyl (C=O) groups excluding carboxylic acids is 1. The van der Waals surface area contributed by atoms with Crippen LogP contribution in [0.25, 0.3) is 10.8 Å². The van der Waals surface area contributed by atoms with Crippen LogP contribution >= 0.6 is 23.1 Å². The first-order chi connectivity index (χ1) is 12.2. The van der Waals surface area contributed by atoms with E-state index < -0.39 is 0 Å². The number of nitrogens with one attached hydrogen (secondary N) is 2. The van der Waals surface area contributed by atoms with Crippen molar-refractivity contribution in [2.75, 3.05) is 11.1 Å². The highest BCUT2D eigenvalue weighted by Gasteiger charge is 2.16. The Hall–Kier alpha value is -2.31. The van der Waals surface area contributed by atoms with Crippen molar-refractivity contribution in [3.8, 4) is 0 Å². The normalized spacial score (nSPS) is 13.9. The van der Waals surface area contributed by atoms with Gasteiger partial charge in [-0.15, -0.1) is 11.3 Å². The van der Waals surface area contributed by atoms with Crippen LogP contribution in [0.2, 0.25) is 0 Å². The number of thioether (sulfide) groups is 1. The number of amidine groups is 1. The molecule has 0 saturated heterocycles. The zero-order valence-corrected chi connectivity index (χ0v) is 15.3. The molecule has 0 unspecified atom stereocenters. The molecule has 1 amide bonds. The van der Waals surface area contributed by atoms with Crippen molar-refractivity contribution in [1.29, 1.82) is 0 Å². The molecule has 25 heavy (non-hydrogen) atoms. The van der Waals surface area contributed by atoms with Crippen molar-refractivity contribution in [3.05, 3.63) is 58.8 Å². The van der Waals surface area contributed by atoms with Gasteiger partial charge in [0.15, 0.2) is 5.17 Å². The summed E-state index contributed by atoms with van der Waals surface area (Å²) in [6.45, 7) is 2.00. The Morgan fingerprint density at radius 1 is 1.24 bits per heavy atom. The van der Waals surface area contributed by atoms with E-state index in [-0.39, 0.29) is 11.9 Å². The maximum atomic E-state index is 12.2. The summed E-state index contributed by atoms with van der Waals surface area (Å²) < 4.78 is 0. The monoisotopic (exact) mass is 367 g/mol. The number of hydrogen-bond donors (Lipinski definition) is 2. The van der Waals surface area contributed by atoms with Gasteiger partial charge in [0.05, 0.1) is 23.2 Å². The molecule has 0 radical (unpaired) electrons. The Morgan fingerprint density at radius 3 is 2.88 bits per heavy atom. The molecule has 126 valence electrons. The minimum absolute atomic E-state index is 0.00691. The molecule has 6 heteroatoms. The summed E-state index contributed by atoms with van der Waals surface area (Å²) >= 11 is 3.07. The molecule has 2 N–H and O–H groups in total. The second-order valence-corrected chi connectivity index (χ2v) is 7.76. The van der Waals surface area contributed by atoms with E-state index in [2.05, 4.69) is 27.8 Å². The highest BCUT2D eigenvalue weighted by atomic mass is 32.2. The van der Waals surface area contributed by atoms with Gasteiger partial charge in [0.2, 0.25) is 5.91 Å². The van der Waals surface area contributed by atoms with Crippen LogP contribution in [0.15, 0.2) is 58.9 Å². The number of rotatable bonds is 4. The van der Waals surface area contributed by atoms with Crippen molar-refractivity contribution < 1.29 is 4.79 Å². The van der Waals surface area contributed by atoms with Gasteiger partial charge in [-0.2, -0.15) is 0 Å². The number of amides is 1. The molecule has 0 saturated carbocycles. The van der Waals surface area contributed by atoms with Gasteiger partial charge in [0, 0.05) is 10.3 Å². The van der Waals surface area contributed by atoms with Crippen LogP contribution in [0.1, 0.15) is 17.8 Å². The summed E-state index contributed by atoms with van der Waals surface area (Å²) in [5.41, 5.74) is 1.99. The van der Waals surface area contributed by atoms with E-state index >= 15 is 0 Å².